The first-order valence-corrected chi connectivity index (χ1v) is 11.5. The number of aromatic nitrogens is 1. The van der Waals surface area contributed by atoms with Crippen LogP contribution >= 0.6 is 11.3 Å². The topological polar surface area (TPSA) is 64.5 Å². The number of benzene rings is 2. The van der Waals surface area contributed by atoms with Crippen LogP contribution < -0.4 is 20.1 Å². The van der Waals surface area contributed by atoms with Gasteiger partial charge in [0.1, 0.15) is 23.8 Å². The van der Waals surface area contributed by atoms with Gasteiger partial charge in [-0.2, -0.15) is 0 Å². The Hall–Kier alpha value is -3.29. The third-order valence-corrected chi connectivity index (χ3v) is 6.58. The van der Waals surface area contributed by atoms with Crippen LogP contribution in [-0.2, 0) is 13.7 Å². The van der Waals surface area contributed by atoms with Crippen molar-refractivity contribution in [3.05, 3.63) is 77.3 Å². The summed E-state index contributed by atoms with van der Waals surface area (Å²) >= 11 is 1.63. The van der Waals surface area contributed by atoms with E-state index in [1.807, 2.05) is 77.7 Å². The summed E-state index contributed by atoms with van der Waals surface area (Å²) in [5.74, 6) is 2.07. The molecule has 0 spiro atoms. The van der Waals surface area contributed by atoms with Crippen LogP contribution in [-0.4, -0.2) is 30.2 Å². The summed E-state index contributed by atoms with van der Waals surface area (Å²) in [5, 5.41) is 8.32. The van der Waals surface area contributed by atoms with Gasteiger partial charge in [-0.1, -0.05) is 18.2 Å². The molecule has 1 saturated heterocycles. The number of para-hydroxylation sites is 1. The second kappa shape index (κ2) is 9.06. The maximum Gasteiger partial charge on any atom is 0.272 e. The van der Waals surface area contributed by atoms with E-state index in [0.29, 0.717) is 18.2 Å². The SMILES string of the molecule is Cn1c(C(=O)Nc2ccccc2COc2ccc(OCC3CNC3)cc2)cc2sccc21. The molecule has 2 aromatic carbocycles. The molecule has 3 heterocycles. The molecule has 6 nitrogen and oxygen atoms in total. The van der Waals surface area contributed by atoms with E-state index in [1.165, 1.54) is 0 Å². The molecule has 5 rings (SSSR count). The van der Waals surface area contributed by atoms with Crippen molar-refractivity contribution in [2.45, 2.75) is 6.61 Å². The molecule has 0 atom stereocenters. The molecular formula is C25H25N3O3S. The van der Waals surface area contributed by atoms with Crippen molar-refractivity contribution in [1.82, 2.24) is 9.88 Å². The summed E-state index contributed by atoms with van der Waals surface area (Å²) in [6.45, 7) is 3.14. The number of aryl methyl sites for hydroxylation is 1. The molecule has 2 N–H and O–H groups in total. The number of hydrogen-bond donors (Lipinski definition) is 2. The molecule has 164 valence electrons. The second-order valence-electron chi connectivity index (χ2n) is 7.97. The van der Waals surface area contributed by atoms with Crippen LogP contribution in [0.15, 0.2) is 66.0 Å². The van der Waals surface area contributed by atoms with E-state index < -0.39 is 0 Å². The maximum atomic E-state index is 12.9. The summed E-state index contributed by atoms with van der Waals surface area (Å²) < 4.78 is 14.8. The standard InChI is InChI=1S/C25H25N3O3S/c1-28-22-10-11-32-24(22)12-23(28)25(29)27-21-5-3-2-4-18(21)16-31-20-8-6-19(7-9-20)30-15-17-13-26-14-17/h2-12,17,26H,13-16H2,1H3,(H,27,29). The van der Waals surface area contributed by atoms with Crippen molar-refractivity contribution in [2.24, 2.45) is 13.0 Å². The van der Waals surface area contributed by atoms with E-state index in [4.69, 9.17) is 9.47 Å². The lowest BCUT2D eigenvalue weighted by Crippen LogP contribution is -2.45. The molecule has 1 amide bonds. The smallest absolute Gasteiger partial charge is 0.272 e. The zero-order valence-electron chi connectivity index (χ0n) is 17.8. The fraction of sp³-hybridized carbons (Fsp3) is 0.240. The van der Waals surface area contributed by atoms with E-state index in [-0.39, 0.29) is 5.91 Å². The summed E-state index contributed by atoms with van der Waals surface area (Å²) in [7, 11) is 1.91. The van der Waals surface area contributed by atoms with Gasteiger partial charge in [0.15, 0.2) is 0 Å². The number of hydrogen-bond acceptors (Lipinski definition) is 5. The highest BCUT2D eigenvalue weighted by atomic mass is 32.1. The van der Waals surface area contributed by atoms with Gasteiger partial charge in [-0.3, -0.25) is 4.79 Å². The Morgan fingerprint density at radius 2 is 1.84 bits per heavy atom. The van der Waals surface area contributed by atoms with Gasteiger partial charge < -0.3 is 24.7 Å². The number of nitrogens with one attached hydrogen (secondary N) is 2. The van der Waals surface area contributed by atoms with E-state index in [9.17, 15) is 4.79 Å². The van der Waals surface area contributed by atoms with E-state index >= 15 is 0 Å². The molecule has 0 radical (unpaired) electrons. The van der Waals surface area contributed by atoms with Gasteiger partial charge in [-0.25, -0.2) is 0 Å². The van der Waals surface area contributed by atoms with Gasteiger partial charge in [-0.05, 0) is 47.8 Å². The first kappa shape index (κ1) is 20.6. The van der Waals surface area contributed by atoms with Gasteiger partial charge in [0.25, 0.3) is 5.91 Å². The fourth-order valence-electron chi connectivity index (χ4n) is 3.70. The number of anilines is 1. The van der Waals surface area contributed by atoms with E-state index in [2.05, 4.69) is 10.6 Å². The minimum Gasteiger partial charge on any atom is -0.493 e. The third kappa shape index (κ3) is 4.35. The molecule has 1 aliphatic heterocycles. The number of fused-ring (bicyclic) bond motifs is 1. The van der Waals surface area contributed by atoms with Crippen molar-refractivity contribution in [1.29, 1.82) is 0 Å². The predicted molar refractivity (Wildman–Crippen MR) is 128 cm³/mol. The van der Waals surface area contributed by atoms with E-state index in [1.54, 1.807) is 11.3 Å². The van der Waals surface area contributed by atoms with Crippen molar-refractivity contribution >= 4 is 33.1 Å². The van der Waals surface area contributed by atoms with Crippen LogP contribution in [0, 0.1) is 5.92 Å². The fourth-order valence-corrected chi connectivity index (χ4v) is 4.54. The Balaban J connectivity index is 1.22. The van der Waals surface area contributed by atoms with Crippen molar-refractivity contribution in [3.8, 4) is 11.5 Å². The maximum absolute atomic E-state index is 12.9. The molecule has 0 bridgehead atoms. The van der Waals surface area contributed by atoms with Crippen molar-refractivity contribution < 1.29 is 14.3 Å². The molecular weight excluding hydrogens is 422 g/mol. The lowest BCUT2D eigenvalue weighted by Gasteiger charge is -2.26. The van der Waals surface area contributed by atoms with Gasteiger partial charge in [-0.15, -0.1) is 11.3 Å². The highest BCUT2D eigenvalue weighted by molar-refractivity contribution is 7.17. The first-order chi connectivity index (χ1) is 15.7. The summed E-state index contributed by atoms with van der Waals surface area (Å²) in [4.78, 5) is 12.9. The largest absolute Gasteiger partial charge is 0.493 e. The summed E-state index contributed by atoms with van der Waals surface area (Å²) in [6.07, 6.45) is 0. The van der Waals surface area contributed by atoms with Crippen LogP contribution in [0.1, 0.15) is 16.1 Å². The Labute approximate surface area is 190 Å². The van der Waals surface area contributed by atoms with Crippen LogP contribution in [0.3, 0.4) is 0 Å². The number of thiophene rings is 1. The quantitative estimate of drug-likeness (QED) is 0.412. The lowest BCUT2D eigenvalue weighted by molar-refractivity contribution is 0.101. The Kier molecular flexibility index (Phi) is 5.83. The Bertz CT molecular complexity index is 1220. The molecule has 7 heteroatoms. The van der Waals surface area contributed by atoms with Crippen LogP contribution in [0.25, 0.3) is 10.2 Å². The average molecular weight is 448 g/mol. The lowest BCUT2D eigenvalue weighted by atomic mass is 10.1. The van der Waals surface area contributed by atoms with Crippen LogP contribution in [0.2, 0.25) is 0 Å². The monoisotopic (exact) mass is 447 g/mol. The number of carbonyl (C=O) groups is 1. The number of amides is 1. The number of nitrogens with zero attached hydrogens (tertiary/aromatic N) is 1. The molecule has 0 aliphatic carbocycles. The Morgan fingerprint density at radius 3 is 2.56 bits per heavy atom. The van der Waals surface area contributed by atoms with Gasteiger partial charge in [0.2, 0.25) is 0 Å². The molecule has 0 saturated carbocycles. The number of ether oxygens (including phenoxy) is 2. The third-order valence-electron chi connectivity index (χ3n) is 5.73. The number of rotatable bonds is 8. The molecule has 2 aromatic heterocycles. The van der Waals surface area contributed by atoms with Crippen molar-refractivity contribution in [2.75, 3.05) is 25.0 Å². The highest BCUT2D eigenvalue weighted by Gasteiger charge is 2.17. The molecule has 32 heavy (non-hydrogen) atoms. The van der Waals surface area contributed by atoms with Crippen molar-refractivity contribution in [3.63, 3.8) is 0 Å². The van der Waals surface area contributed by atoms with Crippen LogP contribution in [0.5, 0.6) is 11.5 Å². The Morgan fingerprint density at radius 1 is 1.09 bits per heavy atom. The highest BCUT2D eigenvalue weighted by Crippen LogP contribution is 2.26. The van der Waals surface area contributed by atoms with Gasteiger partial charge in [0.05, 0.1) is 16.8 Å². The first-order valence-electron chi connectivity index (χ1n) is 10.7. The molecule has 1 fully saturated rings. The summed E-state index contributed by atoms with van der Waals surface area (Å²) in [5.41, 5.74) is 3.36. The van der Waals surface area contributed by atoms with E-state index in [0.717, 1.165) is 52.7 Å². The summed E-state index contributed by atoms with van der Waals surface area (Å²) in [6, 6.07) is 19.3. The minimum atomic E-state index is -0.133. The predicted octanol–water partition coefficient (Wildman–Crippen LogP) is 4.67. The average Bonchev–Trinajstić information content (AvgIpc) is 3.36. The minimum absolute atomic E-state index is 0.133. The molecule has 4 aromatic rings. The zero-order valence-corrected chi connectivity index (χ0v) is 18.7. The second-order valence-corrected chi connectivity index (χ2v) is 8.91. The number of carbonyl (C=O) groups excluding carboxylic acids is 1. The van der Waals surface area contributed by atoms with Crippen LogP contribution in [0.4, 0.5) is 5.69 Å². The molecule has 0 unspecified atom stereocenters. The zero-order chi connectivity index (χ0) is 21.9. The molecule has 1 aliphatic rings. The normalized spacial score (nSPS) is 13.7. The van der Waals surface area contributed by atoms with Gasteiger partial charge in [0, 0.05) is 37.3 Å². The van der Waals surface area contributed by atoms with Gasteiger partial charge >= 0.3 is 0 Å².